The van der Waals surface area contributed by atoms with Gasteiger partial charge < -0.3 is 10.1 Å². The average molecular weight is 318 g/mol. The minimum atomic E-state index is 0.142. The van der Waals surface area contributed by atoms with Gasteiger partial charge >= 0.3 is 0 Å². The molecule has 0 bridgehead atoms. The molecule has 0 saturated heterocycles. The summed E-state index contributed by atoms with van der Waals surface area (Å²) in [4.78, 5) is 0. The highest BCUT2D eigenvalue weighted by Gasteiger charge is 2.23. The Hall–Kier alpha value is -1.32. The van der Waals surface area contributed by atoms with Crippen LogP contribution in [-0.2, 0) is 6.42 Å². The van der Waals surface area contributed by atoms with Gasteiger partial charge in [-0.1, -0.05) is 52.3 Å². The zero-order chi connectivity index (χ0) is 13.2. The molecule has 0 saturated carbocycles. The van der Waals surface area contributed by atoms with Gasteiger partial charge in [0.2, 0.25) is 0 Å². The summed E-state index contributed by atoms with van der Waals surface area (Å²) in [5, 5.41) is 3.40. The monoisotopic (exact) mass is 317 g/mol. The fourth-order valence-electron chi connectivity index (χ4n) is 2.66. The highest BCUT2D eigenvalue weighted by atomic mass is 79.9. The van der Waals surface area contributed by atoms with Crippen molar-refractivity contribution in [2.45, 2.75) is 12.5 Å². The Morgan fingerprint density at radius 1 is 1.11 bits per heavy atom. The molecule has 3 rings (SSSR count). The molecule has 1 heterocycles. The fraction of sp³-hybridized carbons (Fsp3) is 0.250. The second-order valence-corrected chi connectivity index (χ2v) is 5.53. The Labute approximate surface area is 121 Å². The van der Waals surface area contributed by atoms with Gasteiger partial charge in [0, 0.05) is 16.5 Å². The van der Waals surface area contributed by atoms with Crippen molar-refractivity contribution in [2.24, 2.45) is 0 Å². The lowest BCUT2D eigenvalue weighted by Crippen LogP contribution is -2.18. The number of hydrogen-bond acceptors (Lipinski definition) is 2. The highest BCUT2D eigenvalue weighted by Crippen LogP contribution is 2.37. The number of para-hydroxylation sites is 1. The Kier molecular flexibility index (Phi) is 3.58. The van der Waals surface area contributed by atoms with Crippen LogP contribution in [0.3, 0.4) is 0 Å². The molecule has 2 aromatic carbocycles. The topological polar surface area (TPSA) is 21.3 Å². The largest absolute Gasteiger partial charge is 0.493 e. The molecule has 1 N–H and O–H groups in total. The van der Waals surface area contributed by atoms with E-state index in [1.807, 2.05) is 13.1 Å². The van der Waals surface area contributed by atoms with E-state index < -0.39 is 0 Å². The van der Waals surface area contributed by atoms with E-state index in [-0.39, 0.29) is 6.04 Å². The lowest BCUT2D eigenvalue weighted by molar-refractivity contribution is 0.351. The number of ether oxygens (including phenoxy) is 1. The highest BCUT2D eigenvalue weighted by molar-refractivity contribution is 9.10. The SMILES string of the molecule is CNC(c1ccccc1Br)c1cccc2c1OCC2. The van der Waals surface area contributed by atoms with Crippen molar-refractivity contribution in [1.29, 1.82) is 0 Å². The number of rotatable bonds is 3. The van der Waals surface area contributed by atoms with Gasteiger partial charge in [-0.3, -0.25) is 0 Å². The van der Waals surface area contributed by atoms with E-state index in [0.717, 1.165) is 23.2 Å². The number of hydrogen-bond donors (Lipinski definition) is 1. The van der Waals surface area contributed by atoms with Gasteiger partial charge in [-0.05, 0) is 24.2 Å². The maximum Gasteiger partial charge on any atom is 0.127 e. The quantitative estimate of drug-likeness (QED) is 0.932. The first kappa shape index (κ1) is 12.7. The molecule has 98 valence electrons. The molecular formula is C16H16BrNO. The molecule has 2 nitrogen and oxygen atoms in total. The second-order valence-electron chi connectivity index (χ2n) is 4.68. The van der Waals surface area contributed by atoms with Crippen LogP contribution in [0.4, 0.5) is 0 Å². The predicted molar refractivity (Wildman–Crippen MR) is 80.7 cm³/mol. The van der Waals surface area contributed by atoms with Crippen molar-refractivity contribution < 1.29 is 4.74 Å². The molecule has 19 heavy (non-hydrogen) atoms. The van der Waals surface area contributed by atoms with Crippen LogP contribution in [0.1, 0.15) is 22.7 Å². The van der Waals surface area contributed by atoms with Crippen LogP contribution < -0.4 is 10.1 Å². The first-order chi connectivity index (χ1) is 9.31. The summed E-state index contributed by atoms with van der Waals surface area (Å²) in [7, 11) is 1.98. The van der Waals surface area contributed by atoms with E-state index in [1.165, 1.54) is 16.7 Å². The third kappa shape index (κ3) is 2.28. The first-order valence-corrected chi connectivity index (χ1v) is 7.27. The van der Waals surface area contributed by atoms with Crippen LogP contribution in [0.15, 0.2) is 46.9 Å². The van der Waals surface area contributed by atoms with Gasteiger partial charge in [0.05, 0.1) is 12.6 Å². The van der Waals surface area contributed by atoms with Gasteiger partial charge in [0.1, 0.15) is 5.75 Å². The molecule has 1 aliphatic rings. The van der Waals surface area contributed by atoms with Crippen molar-refractivity contribution in [1.82, 2.24) is 5.32 Å². The molecule has 1 unspecified atom stereocenters. The van der Waals surface area contributed by atoms with E-state index in [4.69, 9.17) is 4.74 Å². The Bertz CT molecular complexity index is 597. The molecule has 0 aliphatic carbocycles. The first-order valence-electron chi connectivity index (χ1n) is 6.47. The minimum Gasteiger partial charge on any atom is -0.493 e. The van der Waals surface area contributed by atoms with E-state index in [9.17, 15) is 0 Å². The normalized spacial score (nSPS) is 14.8. The van der Waals surface area contributed by atoms with Gasteiger partial charge in [-0.2, -0.15) is 0 Å². The molecule has 0 aromatic heterocycles. The smallest absolute Gasteiger partial charge is 0.127 e. The van der Waals surface area contributed by atoms with E-state index in [1.54, 1.807) is 0 Å². The van der Waals surface area contributed by atoms with Crippen LogP contribution in [0.2, 0.25) is 0 Å². The predicted octanol–water partition coefficient (Wildman–Crippen LogP) is 3.69. The van der Waals surface area contributed by atoms with Crippen molar-refractivity contribution in [2.75, 3.05) is 13.7 Å². The number of benzene rings is 2. The summed E-state index contributed by atoms with van der Waals surface area (Å²) >= 11 is 3.63. The number of nitrogens with one attached hydrogen (secondary N) is 1. The van der Waals surface area contributed by atoms with Crippen LogP contribution >= 0.6 is 15.9 Å². The molecule has 1 atom stereocenters. The maximum absolute atomic E-state index is 5.82. The molecule has 3 heteroatoms. The van der Waals surface area contributed by atoms with Gasteiger partial charge in [-0.15, -0.1) is 0 Å². The molecule has 0 spiro atoms. The zero-order valence-corrected chi connectivity index (χ0v) is 12.4. The minimum absolute atomic E-state index is 0.142. The molecule has 1 aliphatic heterocycles. The standard InChI is InChI=1S/C16H16BrNO/c1-18-15(12-6-2-3-8-14(12)17)13-7-4-5-11-9-10-19-16(11)13/h2-8,15,18H,9-10H2,1H3. The van der Waals surface area contributed by atoms with Crippen molar-refractivity contribution in [3.8, 4) is 5.75 Å². The molecule has 0 amide bonds. The molecule has 2 aromatic rings. The van der Waals surface area contributed by atoms with Gasteiger partial charge in [-0.25, -0.2) is 0 Å². The zero-order valence-electron chi connectivity index (χ0n) is 10.8. The van der Waals surface area contributed by atoms with Crippen molar-refractivity contribution in [3.05, 3.63) is 63.6 Å². The Morgan fingerprint density at radius 3 is 2.68 bits per heavy atom. The summed E-state index contributed by atoms with van der Waals surface area (Å²) in [6, 6.07) is 14.9. The summed E-state index contributed by atoms with van der Waals surface area (Å²) < 4.78 is 6.93. The number of halogens is 1. The molecule has 0 radical (unpaired) electrons. The van der Waals surface area contributed by atoms with E-state index in [0.29, 0.717) is 0 Å². The van der Waals surface area contributed by atoms with Crippen LogP contribution in [-0.4, -0.2) is 13.7 Å². The van der Waals surface area contributed by atoms with E-state index >= 15 is 0 Å². The maximum atomic E-state index is 5.82. The van der Waals surface area contributed by atoms with Crippen LogP contribution in [0, 0.1) is 0 Å². The van der Waals surface area contributed by atoms with Crippen molar-refractivity contribution >= 4 is 15.9 Å². The third-order valence-corrected chi connectivity index (χ3v) is 4.28. The van der Waals surface area contributed by atoms with Crippen molar-refractivity contribution in [3.63, 3.8) is 0 Å². The third-order valence-electron chi connectivity index (χ3n) is 3.56. The summed E-state index contributed by atoms with van der Waals surface area (Å²) in [5.74, 6) is 1.05. The fourth-order valence-corrected chi connectivity index (χ4v) is 3.17. The molecule has 0 fully saturated rings. The van der Waals surface area contributed by atoms with Crippen LogP contribution in [0.25, 0.3) is 0 Å². The Morgan fingerprint density at radius 2 is 1.89 bits per heavy atom. The Balaban J connectivity index is 2.09. The lowest BCUT2D eigenvalue weighted by Gasteiger charge is -2.21. The van der Waals surface area contributed by atoms with Gasteiger partial charge in [0.15, 0.2) is 0 Å². The lowest BCUT2D eigenvalue weighted by atomic mass is 9.96. The summed E-state index contributed by atoms with van der Waals surface area (Å²) in [6.07, 6.45) is 1.01. The van der Waals surface area contributed by atoms with Crippen LogP contribution in [0.5, 0.6) is 5.75 Å². The molecular weight excluding hydrogens is 302 g/mol. The van der Waals surface area contributed by atoms with Gasteiger partial charge in [0.25, 0.3) is 0 Å². The average Bonchev–Trinajstić information content (AvgIpc) is 2.91. The number of fused-ring (bicyclic) bond motifs is 1. The summed E-state index contributed by atoms with van der Waals surface area (Å²) in [5.41, 5.74) is 3.75. The second kappa shape index (κ2) is 5.35. The van der Waals surface area contributed by atoms with E-state index in [2.05, 4.69) is 57.6 Å². The summed E-state index contributed by atoms with van der Waals surface area (Å²) in [6.45, 7) is 0.790.